The molecule has 1 heterocycles. The molecule has 0 radical (unpaired) electrons. The zero-order valence-electron chi connectivity index (χ0n) is 14.5. The van der Waals surface area contributed by atoms with Crippen LogP contribution >= 0.6 is 0 Å². The van der Waals surface area contributed by atoms with Gasteiger partial charge in [0.2, 0.25) is 5.91 Å². The van der Waals surface area contributed by atoms with Crippen molar-refractivity contribution in [1.82, 2.24) is 0 Å². The van der Waals surface area contributed by atoms with Gasteiger partial charge in [0.25, 0.3) is 0 Å². The Morgan fingerprint density at radius 1 is 1.31 bits per heavy atom. The highest BCUT2D eigenvalue weighted by Gasteiger charge is 2.34. The van der Waals surface area contributed by atoms with Crippen molar-refractivity contribution in [2.75, 3.05) is 11.4 Å². The highest BCUT2D eigenvalue weighted by Crippen LogP contribution is 2.28. The normalized spacial score (nSPS) is 17.3. The van der Waals surface area contributed by atoms with Crippen LogP contribution in [0.1, 0.15) is 31.7 Å². The Bertz CT molecular complexity index is 755. The summed E-state index contributed by atoms with van der Waals surface area (Å²) in [5, 5.41) is 7.40. The van der Waals surface area contributed by atoms with E-state index in [1.807, 2.05) is 0 Å². The largest absolute Gasteiger partial charge is 0.402 e. The van der Waals surface area contributed by atoms with Crippen molar-refractivity contribution in [3.8, 4) is 0 Å². The number of carbonyl (C=O) groups is 3. The Labute approximate surface area is 151 Å². The van der Waals surface area contributed by atoms with Crippen LogP contribution in [-0.4, -0.2) is 30.2 Å². The Balaban J connectivity index is 1.97. The fraction of sp³-hybridized carbons (Fsp3) is 0.333. The van der Waals surface area contributed by atoms with Gasteiger partial charge in [-0.1, -0.05) is 6.08 Å². The predicted molar refractivity (Wildman–Crippen MR) is 96.2 cm³/mol. The lowest BCUT2D eigenvalue weighted by Crippen LogP contribution is -2.29. The first-order chi connectivity index (χ1) is 12.3. The standard InChI is InChI=1S/C18H22N4O4/c1-11(23)26-16(24)4-2-3-15(19)14-9-10-22(18(14)25)13-7-5-12(6-8-13)17(20)21/h3,5-8,14H,2,4,9-10,19H2,1H3,(H3,20,21). The Morgan fingerprint density at radius 3 is 2.54 bits per heavy atom. The van der Waals surface area contributed by atoms with Crippen LogP contribution in [0.15, 0.2) is 36.0 Å². The molecule has 0 aliphatic carbocycles. The van der Waals surface area contributed by atoms with Crippen LogP contribution < -0.4 is 16.4 Å². The molecule has 8 nitrogen and oxygen atoms in total. The van der Waals surface area contributed by atoms with E-state index >= 15 is 0 Å². The van der Waals surface area contributed by atoms with E-state index in [4.69, 9.17) is 16.9 Å². The lowest BCUT2D eigenvalue weighted by molar-refractivity contribution is -0.157. The van der Waals surface area contributed by atoms with Crippen molar-refractivity contribution in [3.05, 3.63) is 41.6 Å². The van der Waals surface area contributed by atoms with Crippen molar-refractivity contribution in [2.45, 2.75) is 26.2 Å². The molecular formula is C18H22N4O4. The topological polar surface area (TPSA) is 140 Å². The van der Waals surface area contributed by atoms with Gasteiger partial charge >= 0.3 is 11.9 Å². The number of ether oxygens (including phenoxy) is 1. The number of allylic oxidation sites excluding steroid dienone is 1. The average Bonchev–Trinajstić information content (AvgIpc) is 2.95. The molecule has 1 aliphatic heterocycles. The van der Waals surface area contributed by atoms with Gasteiger partial charge in [-0.3, -0.25) is 19.8 Å². The van der Waals surface area contributed by atoms with Crippen LogP contribution in [0.5, 0.6) is 0 Å². The molecule has 1 aliphatic rings. The number of amides is 1. The second kappa shape index (κ2) is 8.28. The van der Waals surface area contributed by atoms with Crippen LogP contribution in [-0.2, 0) is 19.1 Å². The average molecular weight is 358 g/mol. The minimum Gasteiger partial charge on any atom is -0.402 e. The summed E-state index contributed by atoms with van der Waals surface area (Å²) in [7, 11) is 0. The third-order valence-electron chi connectivity index (χ3n) is 4.08. The zero-order chi connectivity index (χ0) is 19.3. The number of anilines is 1. The van der Waals surface area contributed by atoms with E-state index in [-0.39, 0.29) is 18.2 Å². The second-order valence-electron chi connectivity index (χ2n) is 6.00. The summed E-state index contributed by atoms with van der Waals surface area (Å²) < 4.78 is 4.43. The van der Waals surface area contributed by atoms with E-state index in [0.29, 0.717) is 30.6 Å². The number of benzene rings is 1. The lowest BCUT2D eigenvalue weighted by Gasteiger charge is -2.17. The van der Waals surface area contributed by atoms with Gasteiger partial charge in [-0.25, -0.2) is 0 Å². The molecule has 8 heteroatoms. The number of nitrogens with zero attached hydrogens (tertiary/aromatic N) is 1. The summed E-state index contributed by atoms with van der Waals surface area (Å²) in [4.78, 5) is 36.2. The highest BCUT2D eigenvalue weighted by atomic mass is 16.6. The molecule has 0 aromatic heterocycles. The van der Waals surface area contributed by atoms with Crippen molar-refractivity contribution < 1.29 is 19.1 Å². The third-order valence-corrected chi connectivity index (χ3v) is 4.08. The second-order valence-corrected chi connectivity index (χ2v) is 6.00. The number of nitrogens with one attached hydrogen (secondary N) is 1. The van der Waals surface area contributed by atoms with E-state index in [9.17, 15) is 14.4 Å². The molecule has 1 fully saturated rings. The Kier molecular flexibility index (Phi) is 6.11. The Hall–Kier alpha value is -3.16. The van der Waals surface area contributed by atoms with Crippen LogP contribution in [0.3, 0.4) is 0 Å². The van der Waals surface area contributed by atoms with Crippen LogP contribution in [0.2, 0.25) is 0 Å². The van der Waals surface area contributed by atoms with E-state index < -0.39 is 17.9 Å². The fourth-order valence-electron chi connectivity index (χ4n) is 2.78. The van der Waals surface area contributed by atoms with Crippen LogP contribution in [0.25, 0.3) is 0 Å². The zero-order valence-corrected chi connectivity index (χ0v) is 14.5. The summed E-state index contributed by atoms with van der Waals surface area (Å²) in [6.45, 7) is 1.70. The quantitative estimate of drug-likeness (QED) is 0.300. The molecule has 138 valence electrons. The molecule has 1 unspecified atom stereocenters. The summed E-state index contributed by atoms with van der Waals surface area (Å²) in [5.74, 6) is -1.85. The highest BCUT2D eigenvalue weighted by molar-refractivity contribution is 6.00. The van der Waals surface area contributed by atoms with Gasteiger partial charge in [-0.15, -0.1) is 0 Å². The van der Waals surface area contributed by atoms with E-state index in [2.05, 4.69) is 4.74 Å². The first-order valence-corrected chi connectivity index (χ1v) is 8.22. The molecule has 0 bridgehead atoms. The molecule has 1 amide bonds. The number of rotatable bonds is 6. The first kappa shape index (κ1) is 19.2. The minimum absolute atomic E-state index is 0.0252. The SMILES string of the molecule is CC(=O)OC(=O)CCC=C(N)C1CCN(c2ccc(C(=N)N)cc2)C1=O. The first-order valence-electron chi connectivity index (χ1n) is 8.22. The summed E-state index contributed by atoms with van der Waals surface area (Å²) >= 11 is 0. The van der Waals surface area contributed by atoms with Gasteiger partial charge < -0.3 is 21.1 Å². The lowest BCUT2D eigenvalue weighted by atomic mass is 10.0. The molecule has 5 N–H and O–H groups in total. The fourth-order valence-corrected chi connectivity index (χ4v) is 2.78. The van der Waals surface area contributed by atoms with E-state index in [0.717, 1.165) is 12.6 Å². The predicted octanol–water partition coefficient (Wildman–Crippen LogP) is 1.04. The number of nitrogens with two attached hydrogens (primary N) is 2. The maximum Gasteiger partial charge on any atom is 0.313 e. The molecular weight excluding hydrogens is 336 g/mol. The molecule has 0 spiro atoms. The maximum absolute atomic E-state index is 12.6. The summed E-state index contributed by atoms with van der Waals surface area (Å²) in [5.41, 5.74) is 13.2. The molecule has 0 saturated carbocycles. The minimum atomic E-state index is -0.649. The third kappa shape index (κ3) is 4.69. The van der Waals surface area contributed by atoms with Crippen LogP contribution in [0, 0.1) is 11.3 Å². The number of esters is 2. The summed E-state index contributed by atoms with van der Waals surface area (Å²) in [6.07, 6.45) is 2.53. The van der Waals surface area contributed by atoms with Gasteiger partial charge in [0, 0.05) is 36.8 Å². The van der Waals surface area contributed by atoms with Crippen LogP contribution in [0.4, 0.5) is 5.69 Å². The van der Waals surface area contributed by atoms with Crippen molar-refractivity contribution >= 4 is 29.4 Å². The summed E-state index contributed by atoms with van der Waals surface area (Å²) in [6, 6.07) is 6.87. The van der Waals surface area contributed by atoms with Crippen molar-refractivity contribution in [3.63, 3.8) is 0 Å². The number of carbonyl (C=O) groups excluding carboxylic acids is 3. The smallest absolute Gasteiger partial charge is 0.313 e. The van der Waals surface area contributed by atoms with Crippen molar-refractivity contribution in [1.29, 1.82) is 5.41 Å². The number of nitrogen functional groups attached to an aromatic ring is 1. The molecule has 1 aromatic carbocycles. The van der Waals surface area contributed by atoms with E-state index in [1.54, 1.807) is 35.2 Å². The monoisotopic (exact) mass is 358 g/mol. The van der Waals surface area contributed by atoms with E-state index in [1.165, 1.54) is 0 Å². The molecule has 1 saturated heterocycles. The number of hydrogen-bond donors (Lipinski definition) is 3. The van der Waals surface area contributed by atoms with Gasteiger partial charge in [-0.05, 0) is 37.1 Å². The molecule has 1 atom stereocenters. The molecule has 1 aromatic rings. The van der Waals surface area contributed by atoms with Crippen molar-refractivity contribution in [2.24, 2.45) is 17.4 Å². The van der Waals surface area contributed by atoms with Gasteiger partial charge in [-0.2, -0.15) is 0 Å². The van der Waals surface area contributed by atoms with Gasteiger partial charge in [0.15, 0.2) is 0 Å². The Morgan fingerprint density at radius 2 is 1.96 bits per heavy atom. The van der Waals surface area contributed by atoms with Gasteiger partial charge in [0.05, 0.1) is 5.92 Å². The maximum atomic E-state index is 12.6. The van der Waals surface area contributed by atoms with Gasteiger partial charge in [0.1, 0.15) is 5.84 Å². The molecule has 2 rings (SSSR count). The number of hydrogen-bond acceptors (Lipinski definition) is 6. The molecule has 26 heavy (non-hydrogen) atoms. The number of amidine groups is 1.